The lowest BCUT2D eigenvalue weighted by Crippen LogP contribution is -2.49. The van der Waals surface area contributed by atoms with Crippen LogP contribution in [0.2, 0.25) is 0 Å². The summed E-state index contributed by atoms with van der Waals surface area (Å²) in [6.07, 6.45) is 3.49. The number of guanidine groups is 1. The van der Waals surface area contributed by atoms with E-state index >= 15 is 0 Å². The molecule has 0 unspecified atom stereocenters. The van der Waals surface area contributed by atoms with Crippen molar-refractivity contribution in [3.05, 3.63) is 29.8 Å². The Morgan fingerprint density at radius 2 is 1.77 bits per heavy atom. The second-order valence-corrected chi connectivity index (χ2v) is 7.55. The lowest BCUT2D eigenvalue weighted by atomic mass is 9.84. The van der Waals surface area contributed by atoms with Gasteiger partial charge in [0.2, 0.25) is 5.91 Å². The molecule has 9 heteroatoms. The topological polar surface area (TPSA) is 95.1 Å². The highest BCUT2D eigenvalue weighted by atomic mass is 127. The van der Waals surface area contributed by atoms with Crippen molar-refractivity contribution < 1.29 is 14.3 Å². The molecule has 1 saturated carbocycles. The van der Waals surface area contributed by atoms with E-state index in [4.69, 9.17) is 0 Å². The van der Waals surface area contributed by atoms with Gasteiger partial charge in [-0.15, -0.1) is 24.0 Å². The fourth-order valence-electron chi connectivity index (χ4n) is 3.62. The van der Waals surface area contributed by atoms with E-state index in [1.165, 1.54) is 7.11 Å². The summed E-state index contributed by atoms with van der Waals surface area (Å²) in [6.45, 7) is 3.82. The molecule has 1 fully saturated rings. The SMILES string of the molecule is CCNC(=NCc1ccc(NC(=O)OC)cc1)NCC1(C(=O)N(C)C)CCCC1.I. The van der Waals surface area contributed by atoms with Crippen LogP contribution in [-0.4, -0.2) is 57.2 Å². The summed E-state index contributed by atoms with van der Waals surface area (Å²) in [6, 6.07) is 7.44. The van der Waals surface area contributed by atoms with Crippen molar-refractivity contribution in [3.63, 3.8) is 0 Å². The Bertz CT molecular complexity index is 716. The van der Waals surface area contributed by atoms with E-state index in [-0.39, 0.29) is 35.3 Å². The first-order chi connectivity index (χ1) is 13.9. The monoisotopic (exact) mass is 531 g/mol. The zero-order chi connectivity index (χ0) is 21.3. The lowest BCUT2D eigenvalue weighted by molar-refractivity contribution is -0.138. The summed E-state index contributed by atoms with van der Waals surface area (Å²) in [5.41, 5.74) is 1.33. The number of rotatable bonds is 7. The van der Waals surface area contributed by atoms with Crippen LogP contribution in [0.4, 0.5) is 10.5 Å². The highest BCUT2D eigenvalue weighted by Gasteiger charge is 2.42. The minimum absolute atomic E-state index is 0. The van der Waals surface area contributed by atoms with Crippen molar-refractivity contribution in [2.24, 2.45) is 10.4 Å². The standard InChI is InChI=1S/C21H33N5O3.HI/c1-5-22-19(24-15-21(12-6-7-13-21)18(27)26(2)3)23-14-16-8-10-17(11-9-16)25-20(28)29-4;/h8-11H,5-7,12-15H2,1-4H3,(H,25,28)(H2,22,23,24);1H. The molecule has 2 amide bonds. The van der Waals surface area contributed by atoms with Gasteiger partial charge in [-0.3, -0.25) is 10.1 Å². The summed E-state index contributed by atoms with van der Waals surface area (Å²) >= 11 is 0. The smallest absolute Gasteiger partial charge is 0.411 e. The average molecular weight is 531 g/mol. The minimum Gasteiger partial charge on any atom is -0.453 e. The van der Waals surface area contributed by atoms with Gasteiger partial charge in [0.25, 0.3) is 0 Å². The molecular formula is C21H34IN5O3. The Kier molecular flexibility index (Phi) is 10.9. The Morgan fingerprint density at radius 3 is 2.30 bits per heavy atom. The van der Waals surface area contributed by atoms with Gasteiger partial charge in [-0.25, -0.2) is 9.79 Å². The van der Waals surface area contributed by atoms with Crippen molar-refractivity contribution in [2.45, 2.75) is 39.2 Å². The van der Waals surface area contributed by atoms with E-state index in [1.807, 2.05) is 45.3 Å². The number of carbonyl (C=O) groups is 2. The van der Waals surface area contributed by atoms with Crippen molar-refractivity contribution in [2.75, 3.05) is 39.6 Å². The molecule has 0 heterocycles. The van der Waals surface area contributed by atoms with Gasteiger partial charge < -0.3 is 20.3 Å². The molecule has 30 heavy (non-hydrogen) atoms. The number of carbonyl (C=O) groups excluding carboxylic acids is 2. The Balaban J connectivity index is 0.00000450. The molecule has 1 aliphatic rings. The Labute approximate surface area is 196 Å². The molecule has 1 aromatic rings. The highest BCUT2D eigenvalue weighted by Crippen LogP contribution is 2.38. The second kappa shape index (κ2) is 12.6. The van der Waals surface area contributed by atoms with E-state index < -0.39 is 6.09 Å². The third-order valence-electron chi connectivity index (χ3n) is 5.16. The number of nitrogens with zero attached hydrogens (tertiary/aromatic N) is 2. The fourth-order valence-corrected chi connectivity index (χ4v) is 3.62. The normalized spacial score (nSPS) is 15.0. The molecule has 168 valence electrons. The summed E-state index contributed by atoms with van der Waals surface area (Å²) < 4.78 is 4.58. The van der Waals surface area contributed by atoms with Crippen LogP contribution in [0.1, 0.15) is 38.2 Å². The number of aliphatic imine (C=N–C) groups is 1. The molecule has 2 rings (SSSR count). The first kappa shape index (κ1) is 26.0. The van der Waals surface area contributed by atoms with Crippen LogP contribution in [0.25, 0.3) is 0 Å². The first-order valence-electron chi connectivity index (χ1n) is 10.1. The number of nitrogens with one attached hydrogen (secondary N) is 3. The maximum absolute atomic E-state index is 12.7. The minimum atomic E-state index is -0.498. The van der Waals surface area contributed by atoms with E-state index in [0.29, 0.717) is 24.7 Å². The number of ether oxygens (including phenoxy) is 1. The van der Waals surface area contributed by atoms with Gasteiger partial charge in [0.05, 0.1) is 19.1 Å². The van der Waals surface area contributed by atoms with Crippen molar-refractivity contribution >= 4 is 47.6 Å². The van der Waals surface area contributed by atoms with Crippen LogP contribution < -0.4 is 16.0 Å². The van der Waals surface area contributed by atoms with Crippen LogP contribution >= 0.6 is 24.0 Å². The van der Waals surface area contributed by atoms with E-state index in [0.717, 1.165) is 37.8 Å². The average Bonchev–Trinajstić information content (AvgIpc) is 3.20. The third-order valence-corrected chi connectivity index (χ3v) is 5.16. The van der Waals surface area contributed by atoms with Crippen LogP contribution in [-0.2, 0) is 16.1 Å². The van der Waals surface area contributed by atoms with Gasteiger partial charge in [-0.2, -0.15) is 0 Å². The first-order valence-corrected chi connectivity index (χ1v) is 10.1. The maximum atomic E-state index is 12.7. The molecule has 0 aliphatic heterocycles. The molecule has 3 N–H and O–H groups in total. The summed E-state index contributed by atoms with van der Waals surface area (Å²) in [4.78, 5) is 30.3. The number of halogens is 1. The zero-order valence-electron chi connectivity index (χ0n) is 18.3. The van der Waals surface area contributed by atoms with E-state index in [9.17, 15) is 9.59 Å². The van der Waals surface area contributed by atoms with Gasteiger partial charge in [0.1, 0.15) is 0 Å². The highest BCUT2D eigenvalue weighted by molar-refractivity contribution is 14.0. The van der Waals surface area contributed by atoms with Crippen molar-refractivity contribution in [1.82, 2.24) is 15.5 Å². The van der Waals surface area contributed by atoms with Gasteiger partial charge in [0, 0.05) is 32.9 Å². The second-order valence-electron chi connectivity index (χ2n) is 7.55. The largest absolute Gasteiger partial charge is 0.453 e. The molecule has 0 bridgehead atoms. The van der Waals surface area contributed by atoms with Crippen molar-refractivity contribution in [1.29, 1.82) is 0 Å². The number of hydrogen-bond acceptors (Lipinski definition) is 4. The van der Waals surface area contributed by atoms with Gasteiger partial charge >= 0.3 is 6.09 Å². The third kappa shape index (κ3) is 7.33. The number of benzene rings is 1. The fraction of sp³-hybridized carbons (Fsp3) is 0.571. The molecule has 1 aliphatic carbocycles. The number of anilines is 1. The van der Waals surface area contributed by atoms with E-state index in [1.54, 1.807) is 4.90 Å². The quantitative estimate of drug-likeness (QED) is 0.286. The van der Waals surface area contributed by atoms with Crippen LogP contribution in [0.5, 0.6) is 0 Å². The molecule has 1 aromatic carbocycles. The molecule has 0 atom stereocenters. The predicted octanol–water partition coefficient (Wildman–Crippen LogP) is 3.19. The van der Waals surface area contributed by atoms with Gasteiger partial charge in [-0.05, 0) is 37.5 Å². The zero-order valence-corrected chi connectivity index (χ0v) is 20.6. The Morgan fingerprint density at radius 1 is 1.13 bits per heavy atom. The molecule has 0 aromatic heterocycles. The van der Waals surface area contributed by atoms with Crippen LogP contribution in [0.15, 0.2) is 29.3 Å². The van der Waals surface area contributed by atoms with Crippen LogP contribution in [0.3, 0.4) is 0 Å². The maximum Gasteiger partial charge on any atom is 0.411 e. The van der Waals surface area contributed by atoms with Gasteiger partial charge in [0.15, 0.2) is 5.96 Å². The Hall–Kier alpha value is -2.04. The molecule has 0 radical (unpaired) electrons. The number of hydrogen-bond donors (Lipinski definition) is 3. The van der Waals surface area contributed by atoms with Crippen molar-refractivity contribution in [3.8, 4) is 0 Å². The molecule has 8 nitrogen and oxygen atoms in total. The summed E-state index contributed by atoms with van der Waals surface area (Å²) in [7, 11) is 4.97. The molecule has 0 saturated heterocycles. The molecule has 0 spiro atoms. The molecular weight excluding hydrogens is 497 g/mol. The van der Waals surface area contributed by atoms with Gasteiger partial charge in [-0.1, -0.05) is 25.0 Å². The van der Waals surface area contributed by atoms with Crippen LogP contribution in [0, 0.1) is 5.41 Å². The number of amides is 2. The predicted molar refractivity (Wildman–Crippen MR) is 130 cm³/mol. The number of methoxy groups -OCH3 is 1. The lowest BCUT2D eigenvalue weighted by Gasteiger charge is -2.31. The van der Waals surface area contributed by atoms with E-state index in [2.05, 4.69) is 25.7 Å². The summed E-state index contributed by atoms with van der Waals surface area (Å²) in [5, 5.41) is 9.24. The summed E-state index contributed by atoms with van der Waals surface area (Å²) in [5.74, 6) is 0.883.